The molecular formula is C18H16ClN3O4. The number of amidine groups is 1. The first-order valence-electron chi connectivity index (χ1n) is 7.54. The van der Waals surface area contributed by atoms with Crippen LogP contribution in [0.1, 0.15) is 27.1 Å². The summed E-state index contributed by atoms with van der Waals surface area (Å²) in [5.41, 5.74) is 6.98. The van der Waals surface area contributed by atoms with Crippen molar-refractivity contribution in [3.8, 4) is 0 Å². The molecule has 0 aliphatic carbocycles. The van der Waals surface area contributed by atoms with Gasteiger partial charge in [-0.05, 0) is 48.5 Å². The Hall–Kier alpha value is -3.19. The van der Waals surface area contributed by atoms with Crippen LogP contribution in [0, 0.1) is 0 Å². The second-order valence-electron chi connectivity index (χ2n) is 5.31. The molecule has 0 unspecified atom stereocenters. The number of hydrogen-bond acceptors (Lipinski definition) is 4. The molecule has 4 N–H and O–H groups in total. The maximum Gasteiger partial charge on any atom is 0.335 e. The summed E-state index contributed by atoms with van der Waals surface area (Å²) in [5, 5.41) is 11.4. The minimum absolute atomic E-state index is 0.105. The Labute approximate surface area is 154 Å². The highest BCUT2D eigenvalue weighted by Gasteiger charge is 2.12. The number of alkyl halides is 1. The second-order valence-corrected chi connectivity index (χ2v) is 5.58. The molecule has 1 amide bonds. The van der Waals surface area contributed by atoms with Crippen molar-refractivity contribution in [2.45, 2.75) is 6.42 Å². The third-order valence-corrected chi connectivity index (χ3v) is 3.61. The number of rotatable bonds is 7. The SMILES string of the molecule is NC(CCl)=Nc1ccc(C(=O)CC(=O)Nc2ccc(C(=O)O)cc2)cc1. The first-order chi connectivity index (χ1) is 12.4. The molecule has 134 valence electrons. The van der Waals surface area contributed by atoms with E-state index in [1.165, 1.54) is 24.3 Å². The Balaban J connectivity index is 1.96. The van der Waals surface area contributed by atoms with Gasteiger partial charge in [-0.25, -0.2) is 9.79 Å². The van der Waals surface area contributed by atoms with E-state index in [4.69, 9.17) is 22.4 Å². The van der Waals surface area contributed by atoms with Crippen LogP contribution in [0.25, 0.3) is 0 Å². The maximum absolute atomic E-state index is 12.2. The number of halogens is 1. The average Bonchev–Trinajstić information content (AvgIpc) is 2.62. The third kappa shape index (κ3) is 5.42. The first kappa shape index (κ1) is 19.1. The van der Waals surface area contributed by atoms with Gasteiger partial charge in [-0.15, -0.1) is 11.6 Å². The van der Waals surface area contributed by atoms with Gasteiger partial charge in [-0.1, -0.05) is 0 Å². The fourth-order valence-corrected chi connectivity index (χ4v) is 2.13. The molecule has 0 heterocycles. The molecule has 0 aliphatic heterocycles. The summed E-state index contributed by atoms with van der Waals surface area (Å²) in [6, 6.07) is 12.0. The molecule has 2 rings (SSSR count). The zero-order valence-electron chi connectivity index (χ0n) is 13.6. The van der Waals surface area contributed by atoms with Gasteiger partial charge in [0.05, 0.1) is 23.6 Å². The summed E-state index contributed by atoms with van der Waals surface area (Å²) in [6.07, 6.45) is -0.340. The number of aromatic carboxylic acids is 1. The number of amides is 1. The number of carboxylic acids is 1. The van der Waals surface area contributed by atoms with Gasteiger partial charge in [-0.3, -0.25) is 9.59 Å². The van der Waals surface area contributed by atoms with Crippen molar-refractivity contribution in [3.63, 3.8) is 0 Å². The third-order valence-electron chi connectivity index (χ3n) is 3.34. The standard InChI is InChI=1S/C18H16ClN3O4/c19-10-16(20)21-13-5-1-11(2-6-13)15(23)9-17(24)22-14-7-3-12(4-8-14)18(25)26/h1-8H,9-10H2,(H2,20,21)(H,22,24)(H,25,26). The molecule has 0 fully saturated rings. The van der Waals surface area contributed by atoms with Gasteiger partial charge in [0.1, 0.15) is 5.84 Å². The van der Waals surface area contributed by atoms with Gasteiger partial charge in [0, 0.05) is 11.3 Å². The highest BCUT2D eigenvalue weighted by molar-refractivity contribution is 6.28. The predicted octanol–water partition coefficient (Wildman–Crippen LogP) is 2.82. The molecule has 0 saturated carbocycles. The quantitative estimate of drug-likeness (QED) is 0.226. The lowest BCUT2D eigenvalue weighted by Crippen LogP contribution is -2.16. The monoisotopic (exact) mass is 373 g/mol. The van der Waals surface area contributed by atoms with E-state index in [2.05, 4.69) is 10.3 Å². The van der Waals surface area contributed by atoms with Crippen molar-refractivity contribution < 1.29 is 19.5 Å². The largest absolute Gasteiger partial charge is 0.478 e. The maximum atomic E-state index is 12.2. The van der Waals surface area contributed by atoms with Crippen LogP contribution in [0.15, 0.2) is 53.5 Å². The number of hydrogen-bond donors (Lipinski definition) is 3. The fraction of sp³-hybridized carbons (Fsp3) is 0.111. The second kappa shape index (κ2) is 8.77. The molecule has 7 nitrogen and oxygen atoms in total. The molecule has 0 bridgehead atoms. The number of ketones is 1. The topological polar surface area (TPSA) is 122 Å². The van der Waals surface area contributed by atoms with Crippen LogP contribution in [-0.2, 0) is 4.79 Å². The summed E-state index contributed by atoms with van der Waals surface area (Å²) in [7, 11) is 0. The van der Waals surface area contributed by atoms with E-state index in [0.29, 0.717) is 16.9 Å². The van der Waals surface area contributed by atoms with Crippen LogP contribution < -0.4 is 11.1 Å². The molecular weight excluding hydrogens is 358 g/mol. The number of anilines is 1. The molecule has 0 spiro atoms. The van der Waals surface area contributed by atoms with Crippen LogP contribution in [0.4, 0.5) is 11.4 Å². The highest BCUT2D eigenvalue weighted by Crippen LogP contribution is 2.15. The van der Waals surface area contributed by atoms with Crippen molar-refractivity contribution in [2.75, 3.05) is 11.2 Å². The number of Topliss-reactive ketones (excluding diaryl/α,β-unsaturated/α-hetero) is 1. The van der Waals surface area contributed by atoms with Crippen molar-refractivity contribution in [3.05, 3.63) is 59.7 Å². The van der Waals surface area contributed by atoms with Gasteiger partial charge in [0.15, 0.2) is 5.78 Å². The van der Waals surface area contributed by atoms with Crippen LogP contribution in [-0.4, -0.2) is 34.5 Å². The lowest BCUT2D eigenvalue weighted by atomic mass is 10.1. The molecule has 0 aromatic heterocycles. The van der Waals surface area contributed by atoms with Crippen LogP contribution in [0.5, 0.6) is 0 Å². The zero-order valence-corrected chi connectivity index (χ0v) is 14.4. The number of carbonyl (C=O) groups excluding carboxylic acids is 2. The van der Waals surface area contributed by atoms with Crippen molar-refractivity contribution >= 4 is 46.5 Å². The number of aliphatic imine (C=N–C) groups is 1. The average molecular weight is 374 g/mol. The molecule has 2 aromatic rings. The summed E-state index contributed by atoms with van der Waals surface area (Å²) in [5.74, 6) is -1.54. The van der Waals surface area contributed by atoms with Crippen molar-refractivity contribution in [2.24, 2.45) is 10.7 Å². The smallest absolute Gasteiger partial charge is 0.335 e. The fourth-order valence-electron chi connectivity index (χ4n) is 2.07. The molecule has 8 heteroatoms. The van der Waals surface area contributed by atoms with Crippen molar-refractivity contribution in [1.82, 2.24) is 0 Å². The van der Waals surface area contributed by atoms with E-state index in [-0.39, 0.29) is 29.5 Å². The number of nitrogens with one attached hydrogen (secondary N) is 1. The molecule has 0 atom stereocenters. The number of carbonyl (C=O) groups is 3. The number of carboxylic acid groups (broad SMARTS) is 1. The molecule has 26 heavy (non-hydrogen) atoms. The normalized spacial score (nSPS) is 11.0. The summed E-state index contributed by atoms with van der Waals surface area (Å²) < 4.78 is 0. The minimum Gasteiger partial charge on any atom is -0.478 e. The Morgan fingerprint density at radius 1 is 1.00 bits per heavy atom. The Morgan fingerprint density at radius 2 is 1.58 bits per heavy atom. The van der Waals surface area contributed by atoms with Crippen LogP contribution in [0.2, 0.25) is 0 Å². The predicted molar refractivity (Wildman–Crippen MR) is 99.4 cm³/mol. The van der Waals surface area contributed by atoms with E-state index in [9.17, 15) is 14.4 Å². The van der Waals surface area contributed by atoms with Gasteiger partial charge in [0.25, 0.3) is 0 Å². The first-order valence-corrected chi connectivity index (χ1v) is 8.08. The summed E-state index contributed by atoms with van der Waals surface area (Å²) >= 11 is 5.55. The Morgan fingerprint density at radius 3 is 2.12 bits per heavy atom. The lowest BCUT2D eigenvalue weighted by Gasteiger charge is -2.06. The zero-order chi connectivity index (χ0) is 19.1. The number of nitrogens with two attached hydrogens (primary N) is 1. The minimum atomic E-state index is -1.06. The Bertz CT molecular complexity index is 846. The van der Waals surface area contributed by atoms with Gasteiger partial charge in [0.2, 0.25) is 5.91 Å². The summed E-state index contributed by atoms with van der Waals surface area (Å²) in [6.45, 7) is 0. The molecule has 2 aromatic carbocycles. The summed E-state index contributed by atoms with van der Waals surface area (Å²) in [4.78, 5) is 39.0. The van der Waals surface area contributed by atoms with E-state index in [1.54, 1.807) is 24.3 Å². The number of benzene rings is 2. The van der Waals surface area contributed by atoms with Gasteiger partial charge in [-0.2, -0.15) is 0 Å². The molecule has 0 radical (unpaired) electrons. The van der Waals surface area contributed by atoms with Crippen molar-refractivity contribution in [1.29, 1.82) is 0 Å². The highest BCUT2D eigenvalue weighted by atomic mass is 35.5. The van der Waals surface area contributed by atoms with E-state index < -0.39 is 11.9 Å². The van der Waals surface area contributed by atoms with Crippen LogP contribution >= 0.6 is 11.6 Å². The van der Waals surface area contributed by atoms with E-state index in [0.717, 1.165) is 0 Å². The molecule has 0 saturated heterocycles. The van der Waals surface area contributed by atoms with Gasteiger partial charge >= 0.3 is 5.97 Å². The van der Waals surface area contributed by atoms with E-state index >= 15 is 0 Å². The van der Waals surface area contributed by atoms with Crippen LogP contribution in [0.3, 0.4) is 0 Å². The van der Waals surface area contributed by atoms with Gasteiger partial charge < -0.3 is 16.2 Å². The van der Waals surface area contributed by atoms with E-state index in [1.807, 2.05) is 0 Å². The lowest BCUT2D eigenvalue weighted by molar-refractivity contribution is -0.115. The Kier molecular flexibility index (Phi) is 6.46. The number of nitrogens with zero attached hydrogens (tertiary/aromatic N) is 1. The molecule has 0 aliphatic rings.